The molecular formula is C17H26N4O3. The fourth-order valence-electron chi connectivity index (χ4n) is 3.13. The number of hydrogen-bond acceptors (Lipinski definition) is 7. The van der Waals surface area contributed by atoms with Crippen molar-refractivity contribution in [1.29, 1.82) is 0 Å². The summed E-state index contributed by atoms with van der Waals surface area (Å²) in [4.78, 5) is 9.19. The molecule has 3 heterocycles. The van der Waals surface area contributed by atoms with Crippen LogP contribution in [-0.2, 0) is 24.2 Å². The molecule has 1 aliphatic rings. The molecule has 0 atom stereocenters. The van der Waals surface area contributed by atoms with Crippen molar-refractivity contribution in [3.05, 3.63) is 35.9 Å². The molecule has 7 heteroatoms. The fourth-order valence-corrected chi connectivity index (χ4v) is 3.13. The van der Waals surface area contributed by atoms with Gasteiger partial charge in [-0.1, -0.05) is 5.16 Å². The summed E-state index contributed by atoms with van der Waals surface area (Å²) in [5.74, 6) is 2.44. The van der Waals surface area contributed by atoms with Crippen molar-refractivity contribution >= 4 is 0 Å². The fraction of sp³-hybridized carbons (Fsp3) is 0.647. The molecule has 0 bridgehead atoms. The Balaban J connectivity index is 1.43. The Labute approximate surface area is 142 Å². The highest BCUT2D eigenvalue weighted by Crippen LogP contribution is 2.19. The predicted molar refractivity (Wildman–Crippen MR) is 88.4 cm³/mol. The molecule has 0 spiro atoms. The van der Waals surface area contributed by atoms with Gasteiger partial charge in [0.2, 0.25) is 5.89 Å². The largest absolute Gasteiger partial charge is 0.468 e. The first-order valence-electron chi connectivity index (χ1n) is 8.50. The molecule has 3 rings (SSSR count). The van der Waals surface area contributed by atoms with Gasteiger partial charge in [-0.25, -0.2) is 0 Å². The van der Waals surface area contributed by atoms with Gasteiger partial charge in [0, 0.05) is 32.7 Å². The number of ether oxygens (including phenoxy) is 1. The van der Waals surface area contributed by atoms with E-state index >= 15 is 0 Å². The minimum Gasteiger partial charge on any atom is -0.468 e. The first kappa shape index (κ1) is 17.1. The average Bonchev–Trinajstić information content (AvgIpc) is 3.25. The average molecular weight is 334 g/mol. The van der Waals surface area contributed by atoms with Crippen molar-refractivity contribution in [2.45, 2.75) is 38.4 Å². The monoisotopic (exact) mass is 334 g/mol. The van der Waals surface area contributed by atoms with Gasteiger partial charge in [0.15, 0.2) is 5.82 Å². The van der Waals surface area contributed by atoms with E-state index < -0.39 is 0 Å². The maximum atomic E-state index is 5.43. The van der Waals surface area contributed by atoms with Crippen LogP contribution in [0.2, 0.25) is 0 Å². The van der Waals surface area contributed by atoms with Gasteiger partial charge >= 0.3 is 0 Å². The number of hydrogen-bond donors (Lipinski definition) is 0. The van der Waals surface area contributed by atoms with Crippen molar-refractivity contribution in [3.63, 3.8) is 0 Å². The molecular weight excluding hydrogens is 308 g/mol. The number of nitrogens with zero attached hydrogens (tertiary/aromatic N) is 4. The summed E-state index contributed by atoms with van der Waals surface area (Å²) in [6.07, 6.45) is 4.71. The van der Waals surface area contributed by atoms with Crippen LogP contribution in [0.25, 0.3) is 0 Å². The lowest BCUT2D eigenvalue weighted by Crippen LogP contribution is -2.42. The van der Waals surface area contributed by atoms with Gasteiger partial charge in [-0.15, -0.1) is 0 Å². The van der Waals surface area contributed by atoms with Crippen molar-refractivity contribution in [3.8, 4) is 0 Å². The molecule has 2 aromatic rings. The molecule has 2 aromatic heterocycles. The molecule has 0 amide bonds. The summed E-state index contributed by atoms with van der Waals surface area (Å²) in [6.45, 7) is 4.37. The topological polar surface area (TPSA) is 67.8 Å². The summed E-state index contributed by atoms with van der Waals surface area (Å²) in [5.41, 5.74) is 0. The third-order valence-electron chi connectivity index (χ3n) is 4.56. The van der Waals surface area contributed by atoms with Crippen LogP contribution in [-0.4, -0.2) is 59.8 Å². The van der Waals surface area contributed by atoms with Gasteiger partial charge in [0.05, 0.1) is 26.0 Å². The zero-order chi connectivity index (χ0) is 16.8. The summed E-state index contributed by atoms with van der Waals surface area (Å²) < 4.78 is 15.8. The van der Waals surface area contributed by atoms with Gasteiger partial charge in [0.1, 0.15) is 5.76 Å². The number of furan rings is 1. The third-order valence-corrected chi connectivity index (χ3v) is 4.56. The molecule has 0 saturated carbocycles. The van der Waals surface area contributed by atoms with Crippen LogP contribution in [0.3, 0.4) is 0 Å². The lowest BCUT2D eigenvalue weighted by Gasteiger charge is -2.35. The Morgan fingerprint density at radius 3 is 2.92 bits per heavy atom. The van der Waals surface area contributed by atoms with Crippen molar-refractivity contribution in [1.82, 2.24) is 19.9 Å². The summed E-state index contributed by atoms with van der Waals surface area (Å²) in [5, 5.41) is 3.99. The first-order chi connectivity index (χ1) is 11.7. The molecule has 0 radical (unpaired) electrons. The Bertz CT molecular complexity index is 591. The Kier molecular flexibility index (Phi) is 6.01. The van der Waals surface area contributed by atoms with E-state index in [0.717, 1.165) is 38.2 Å². The SMILES string of the molecule is COCCc1noc(CN(C)C2CCN(Cc3ccco3)CC2)n1. The standard InChI is InChI=1S/C17H26N4O3/c1-20(13-17-18-16(19-24-17)7-11-22-2)14-5-8-21(9-6-14)12-15-4-3-10-23-15/h3-4,10,14H,5-9,11-13H2,1-2H3. The lowest BCUT2D eigenvalue weighted by molar-refractivity contribution is 0.107. The van der Waals surface area contributed by atoms with Crippen LogP contribution in [0.5, 0.6) is 0 Å². The molecule has 1 saturated heterocycles. The Morgan fingerprint density at radius 2 is 2.21 bits per heavy atom. The second-order valence-corrected chi connectivity index (χ2v) is 6.35. The summed E-state index contributed by atoms with van der Waals surface area (Å²) >= 11 is 0. The molecule has 132 valence electrons. The van der Waals surface area contributed by atoms with E-state index in [2.05, 4.69) is 27.0 Å². The molecule has 0 aromatic carbocycles. The molecule has 1 aliphatic heterocycles. The second kappa shape index (κ2) is 8.41. The van der Waals surface area contributed by atoms with Crippen LogP contribution in [0, 0.1) is 0 Å². The van der Waals surface area contributed by atoms with Gasteiger partial charge in [-0.2, -0.15) is 4.98 Å². The molecule has 0 N–H and O–H groups in total. The van der Waals surface area contributed by atoms with Crippen LogP contribution in [0.15, 0.2) is 27.3 Å². The minimum atomic E-state index is 0.548. The van der Waals surface area contributed by atoms with E-state index in [1.165, 1.54) is 0 Å². The molecule has 7 nitrogen and oxygen atoms in total. The summed E-state index contributed by atoms with van der Waals surface area (Å²) in [7, 11) is 3.80. The number of rotatable bonds is 8. The van der Waals surface area contributed by atoms with E-state index in [0.29, 0.717) is 37.3 Å². The maximum absolute atomic E-state index is 5.43. The number of methoxy groups -OCH3 is 1. The lowest BCUT2D eigenvalue weighted by atomic mass is 10.0. The second-order valence-electron chi connectivity index (χ2n) is 6.35. The molecule has 0 unspecified atom stereocenters. The van der Waals surface area contributed by atoms with E-state index in [4.69, 9.17) is 13.7 Å². The highest BCUT2D eigenvalue weighted by atomic mass is 16.5. The van der Waals surface area contributed by atoms with Crippen LogP contribution >= 0.6 is 0 Å². The third kappa shape index (κ3) is 4.66. The molecule has 24 heavy (non-hydrogen) atoms. The Hall–Kier alpha value is -1.70. The van der Waals surface area contributed by atoms with E-state index in [-0.39, 0.29) is 0 Å². The number of piperidine rings is 1. The van der Waals surface area contributed by atoms with E-state index in [9.17, 15) is 0 Å². The molecule has 0 aliphatic carbocycles. The van der Waals surface area contributed by atoms with Crippen molar-refractivity contribution in [2.75, 3.05) is 33.9 Å². The molecule has 1 fully saturated rings. The van der Waals surface area contributed by atoms with Crippen LogP contribution in [0.4, 0.5) is 0 Å². The van der Waals surface area contributed by atoms with Crippen LogP contribution < -0.4 is 0 Å². The van der Waals surface area contributed by atoms with E-state index in [1.807, 2.05) is 12.1 Å². The minimum absolute atomic E-state index is 0.548. The van der Waals surface area contributed by atoms with Gasteiger partial charge in [-0.05, 0) is 32.0 Å². The number of aromatic nitrogens is 2. The summed E-state index contributed by atoms with van der Waals surface area (Å²) in [6, 6.07) is 4.53. The highest BCUT2D eigenvalue weighted by Gasteiger charge is 2.24. The predicted octanol–water partition coefficient (Wildman–Crippen LogP) is 1.95. The van der Waals surface area contributed by atoms with E-state index in [1.54, 1.807) is 13.4 Å². The normalized spacial score (nSPS) is 17.0. The smallest absolute Gasteiger partial charge is 0.240 e. The van der Waals surface area contributed by atoms with Gasteiger partial charge < -0.3 is 13.7 Å². The zero-order valence-corrected chi connectivity index (χ0v) is 14.5. The van der Waals surface area contributed by atoms with Crippen LogP contribution in [0.1, 0.15) is 30.3 Å². The van der Waals surface area contributed by atoms with Crippen molar-refractivity contribution in [2.24, 2.45) is 0 Å². The Morgan fingerprint density at radius 1 is 1.38 bits per heavy atom. The van der Waals surface area contributed by atoms with Gasteiger partial charge in [-0.3, -0.25) is 9.80 Å². The van der Waals surface area contributed by atoms with Gasteiger partial charge in [0.25, 0.3) is 0 Å². The number of likely N-dealkylation sites (tertiary alicyclic amines) is 1. The van der Waals surface area contributed by atoms with Crippen molar-refractivity contribution < 1.29 is 13.7 Å². The highest BCUT2D eigenvalue weighted by molar-refractivity contribution is 4.98. The maximum Gasteiger partial charge on any atom is 0.240 e. The first-order valence-corrected chi connectivity index (χ1v) is 8.50. The quantitative estimate of drug-likeness (QED) is 0.731. The zero-order valence-electron chi connectivity index (χ0n) is 14.5.